The number of thiophene rings is 1. The van der Waals surface area contributed by atoms with Gasteiger partial charge in [0.1, 0.15) is 10.7 Å². The van der Waals surface area contributed by atoms with E-state index in [4.69, 9.17) is 4.98 Å². The van der Waals surface area contributed by atoms with Gasteiger partial charge in [0.2, 0.25) is 0 Å². The zero-order valence-electron chi connectivity index (χ0n) is 17.6. The summed E-state index contributed by atoms with van der Waals surface area (Å²) >= 11 is 1.58. The Hall–Kier alpha value is -3.23. The van der Waals surface area contributed by atoms with E-state index in [9.17, 15) is 10.1 Å². The summed E-state index contributed by atoms with van der Waals surface area (Å²) in [7, 11) is 0. The van der Waals surface area contributed by atoms with Crippen LogP contribution in [-0.4, -0.2) is 9.55 Å². The minimum atomic E-state index is -0.0222. The Morgan fingerprint density at radius 3 is 2.53 bits per heavy atom. The van der Waals surface area contributed by atoms with Gasteiger partial charge in [-0.25, -0.2) is 4.98 Å². The van der Waals surface area contributed by atoms with E-state index in [1.807, 2.05) is 18.2 Å². The van der Waals surface area contributed by atoms with Crippen molar-refractivity contribution in [2.24, 2.45) is 0 Å². The van der Waals surface area contributed by atoms with Gasteiger partial charge in [0.05, 0.1) is 23.6 Å². The molecule has 150 valence electrons. The number of nitrogens with zero attached hydrogens (tertiary/aromatic N) is 3. The van der Waals surface area contributed by atoms with Gasteiger partial charge in [-0.05, 0) is 37.1 Å². The number of nitriles is 1. The molecular formula is C25H23N3OS. The van der Waals surface area contributed by atoms with Gasteiger partial charge in [-0.3, -0.25) is 9.36 Å². The highest BCUT2D eigenvalue weighted by Crippen LogP contribution is 2.36. The van der Waals surface area contributed by atoms with Crippen LogP contribution in [0.1, 0.15) is 47.2 Å². The fourth-order valence-corrected chi connectivity index (χ4v) is 4.84. The highest BCUT2D eigenvalue weighted by Gasteiger charge is 2.21. The molecule has 0 saturated heterocycles. The third-order valence-corrected chi connectivity index (χ3v) is 6.27. The van der Waals surface area contributed by atoms with E-state index in [1.54, 1.807) is 22.0 Å². The lowest BCUT2D eigenvalue weighted by Crippen LogP contribution is -2.26. The lowest BCUT2D eigenvalue weighted by atomic mass is 10.0. The standard InChI is InChI=1S/C25H23N3OS/c1-15(2)23-27-24-22(21(17(4)30-24)20-10-8-16(3)9-11-20)25(29)28(23)14-19-7-5-6-18(12-19)13-26/h5-12,15H,14H2,1-4H3. The first-order chi connectivity index (χ1) is 14.4. The van der Waals surface area contributed by atoms with Crippen LogP contribution in [0.15, 0.2) is 53.3 Å². The van der Waals surface area contributed by atoms with E-state index >= 15 is 0 Å². The number of hydrogen-bond acceptors (Lipinski definition) is 4. The topological polar surface area (TPSA) is 58.7 Å². The van der Waals surface area contributed by atoms with Crippen LogP contribution in [0.3, 0.4) is 0 Å². The Morgan fingerprint density at radius 2 is 1.87 bits per heavy atom. The molecule has 30 heavy (non-hydrogen) atoms. The maximum absolute atomic E-state index is 13.8. The molecule has 0 radical (unpaired) electrons. The van der Waals surface area contributed by atoms with Crippen LogP contribution in [0.4, 0.5) is 0 Å². The molecule has 0 aliphatic heterocycles. The smallest absolute Gasteiger partial charge is 0.263 e. The predicted molar refractivity (Wildman–Crippen MR) is 123 cm³/mol. The summed E-state index contributed by atoms with van der Waals surface area (Å²) in [6, 6.07) is 17.9. The monoisotopic (exact) mass is 413 g/mol. The van der Waals surface area contributed by atoms with Crippen molar-refractivity contribution in [1.82, 2.24) is 9.55 Å². The predicted octanol–water partition coefficient (Wildman–Crippen LogP) is 5.79. The van der Waals surface area contributed by atoms with Crippen LogP contribution >= 0.6 is 11.3 Å². The van der Waals surface area contributed by atoms with Crippen molar-refractivity contribution >= 4 is 21.6 Å². The van der Waals surface area contributed by atoms with Crippen LogP contribution in [0.25, 0.3) is 21.3 Å². The number of rotatable bonds is 4. The lowest BCUT2D eigenvalue weighted by Gasteiger charge is -2.15. The molecule has 2 aromatic carbocycles. The second kappa shape index (κ2) is 7.89. The Balaban J connectivity index is 1.97. The van der Waals surface area contributed by atoms with Gasteiger partial charge in [-0.1, -0.05) is 55.8 Å². The quantitative estimate of drug-likeness (QED) is 0.426. The Kier molecular flexibility index (Phi) is 5.27. The van der Waals surface area contributed by atoms with E-state index in [-0.39, 0.29) is 11.5 Å². The van der Waals surface area contributed by atoms with E-state index in [0.717, 1.165) is 32.2 Å². The average molecular weight is 414 g/mol. The maximum Gasteiger partial charge on any atom is 0.263 e. The van der Waals surface area contributed by atoms with Gasteiger partial charge >= 0.3 is 0 Å². The number of benzene rings is 2. The molecule has 4 rings (SSSR count). The van der Waals surface area contributed by atoms with Crippen molar-refractivity contribution in [2.45, 2.75) is 40.2 Å². The SMILES string of the molecule is Cc1ccc(-c2c(C)sc3nc(C(C)C)n(Cc4cccc(C#N)c4)c(=O)c23)cc1. The van der Waals surface area contributed by atoms with E-state index in [0.29, 0.717) is 17.5 Å². The van der Waals surface area contributed by atoms with Crippen molar-refractivity contribution < 1.29 is 0 Å². The number of aryl methyl sites for hydroxylation is 2. The van der Waals surface area contributed by atoms with Gasteiger partial charge in [-0.2, -0.15) is 5.26 Å². The molecule has 0 bridgehead atoms. The van der Waals surface area contributed by atoms with Crippen LogP contribution in [0.5, 0.6) is 0 Å². The molecule has 0 amide bonds. The molecule has 0 N–H and O–H groups in total. The van der Waals surface area contributed by atoms with Crippen LogP contribution in [0, 0.1) is 25.2 Å². The molecule has 4 aromatic rings. The van der Waals surface area contributed by atoms with Crippen molar-refractivity contribution in [1.29, 1.82) is 5.26 Å². The van der Waals surface area contributed by atoms with E-state index in [2.05, 4.69) is 58.0 Å². The molecular weight excluding hydrogens is 390 g/mol. The van der Waals surface area contributed by atoms with Crippen LogP contribution in [-0.2, 0) is 6.54 Å². The fraction of sp³-hybridized carbons (Fsp3) is 0.240. The zero-order valence-corrected chi connectivity index (χ0v) is 18.4. The van der Waals surface area contributed by atoms with E-state index in [1.165, 1.54) is 5.56 Å². The molecule has 0 atom stereocenters. The highest BCUT2D eigenvalue weighted by molar-refractivity contribution is 7.19. The summed E-state index contributed by atoms with van der Waals surface area (Å²) in [6.45, 7) is 8.61. The fourth-order valence-electron chi connectivity index (χ4n) is 3.79. The van der Waals surface area contributed by atoms with E-state index < -0.39 is 0 Å². The molecule has 0 spiro atoms. The second-order valence-corrected chi connectivity index (χ2v) is 9.11. The number of fused-ring (bicyclic) bond motifs is 1. The van der Waals surface area contributed by atoms with Gasteiger partial charge in [-0.15, -0.1) is 11.3 Å². The lowest BCUT2D eigenvalue weighted by molar-refractivity contribution is 0.635. The zero-order chi connectivity index (χ0) is 21.4. The molecule has 0 aliphatic carbocycles. The van der Waals surface area contributed by atoms with Gasteiger partial charge < -0.3 is 0 Å². The first-order valence-electron chi connectivity index (χ1n) is 9.99. The minimum absolute atomic E-state index is 0.0222. The third kappa shape index (κ3) is 3.55. The van der Waals surface area contributed by atoms with Crippen LogP contribution in [0.2, 0.25) is 0 Å². The normalized spacial score (nSPS) is 11.2. The van der Waals surface area contributed by atoms with Crippen molar-refractivity contribution in [3.63, 3.8) is 0 Å². The van der Waals surface area contributed by atoms with Gasteiger partial charge in [0.25, 0.3) is 5.56 Å². The summed E-state index contributed by atoms with van der Waals surface area (Å²) in [6.07, 6.45) is 0. The van der Waals surface area contributed by atoms with Crippen molar-refractivity contribution in [2.75, 3.05) is 0 Å². The molecule has 2 heterocycles. The molecule has 2 aromatic heterocycles. The first kappa shape index (κ1) is 20.1. The second-order valence-electron chi connectivity index (χ2n) is 7.91. The minimum Gasteiger partial charge on any atom is -0.291 e. The van der Waals surface area contributed by atoms with Crippen molar-refractivity contribution in [3.8, 4) is 17.2 Å². The molecule has 4 nitrogen and oxygen atoms in total. The highest BCUT2D eigenvalue weighted by atomic mass is 32.1. The third-order valence-electron chi connectivity index (χ3n) is 5.27. The summed E-state index contributed by atoms with van der Waals surface area (Å²) in [4.78, 5) is 20.6. The average Bonchev–Trinajstić information content (AvgIpc) is 3.06. The largest absolute Gasteiger partial charge is 0.291 e. The first-order valence-corrected chi connectivity index (χ1v) is 10.8. The Labute approximate surface area is 180 Å². The molecule has 0 saturated carbocycles. The summed E-state index contributed by atoms with van der Waals surface area (Å²) < 4.78 is 1.77. The van der Waals surface area contributed by atoms with Gasteiger partial charge in [0.15, 0.2) is 0 Å². The molecule has 0 fully saturated rings. The number of aromatic nitrogens is 2. The number of hydrogen-bond donors (Lipinski definition) is 0. The molecule has 0 aliphatic rings. The maximum atomic E-state index is 13.8. The summed E-state index contributed by atoms with van der Waals surface area (Å²) in [5, 5.41) is 9.90. The van der Waals surface area contributed by atoms with Crippen LogP contribution < -0.4 is 5.56 Å². The van der Waals surface area contributed by atoms with Crippen molar-refractivity contribution in [3.05, 3.63) is 86.3 Å². The van der Waals surface area contributed by atoms with Gasteiger partial charge in [0, 0.05) is 16.4 Å². The summed E-state index contributed by atoms with van der Waals surface area (Å²) in [5.41, 5.74) is 4.69. The summed E-state index contributed by atoms with van der Waals surface area (Å²) in [5.74, 6) is 0.873. The Bertz CT molecular complexity index is 1340. The molecule has 0 unspecified atom stereocenters. The molecule has 5 heteroatoms. The Morgan fingerprint density at radius 1 is 1.13 bits per heavy atom.